The fourth-order valence-electron chi connectivity index (χ4n) is 1.86. The first-order valence-electron chi connectivity index (χ1n) is 6.72. The van der Waals surface area contributed by atoms with Crippen molar-refractivity contribution in [2.24, 2.45) is 0 Å². The number of nitrogens with zero attached hydrogens (tertiary/aromatic N) is 1. The van der Waals surface area contributed by atoms with Crippen molar-refractivity contribution in [1.82, 2.24) is 5.32 Å². The van der Waals surface area contributed by atoms with E-state index in [1.165, 1.54) is 19.1 Å². The lowest BCUT2D eigenvalue weighted by atomic mass is 10.2. The second-order valence-corrected chi connectivity index (χ2v) is 6.89. The minimum Gasteiger partial charge on any atom is -0.352 e. The SMILES string of the molecule is CC[C@@H](C)NC(=O)[C@@H](C)N(c1ccc(F)cc1)S(C)(=O)=O. The molecule has 0 fully saturated rings. The number of carbonyl (C=O) groups excluding carboxylic acids is 1. The Labute approximate surface area is 125 Å². The topological polar surface area (TPSA) is 66.5 Å². The molecule has 0 saturated carbocycles. The smallest absolute Gasteiger partial charge is 0.243 e. The van der Waals surface area contributed by atoms with Gasteiger partial charge in [0.1, 0.15) is 11.9 Å². The van der Waals surface area contributed by atoms with E-state index in [0.29, 0.717) is 0 Å². The van der Waals surface area contributed by atoms with Crippen LogP contribution in [0, 0.1) is 5.82 Å². The van der Waals surface area contributed by atoms with Crippen LogP contribution >= 0.6 is 0 Å². The quantitative estimate of drug-likeness (QED) is 0.871. The molecule has 1 aromatic carbocycles. The van der Waals surface area contributed by atoms with Gasteiger partial charge >= 0.3 is 0 Å². The van der Waals surface area contributed by atoms with Gasteiger partial charge in [-0.15, -0.1) is 0 Å². The van der Waals surface area contributed by atoms with Crippen LogP contribution in [0.1, 0.15) is 27.2 Å². The van der Waals surface area contributed by atoms with Gasteiger partial charge in [0.2, 0.25) is 15.9 Å². The van der Waals surface area contributed by atoms with Crippen LogP contribution in [0.3, 0.4) is 0 Å². The molecule has 1 rings (SSSR count). The molecule has 0 aliphatic carbocycles. The van der Waals surface area contributed by atoms with Gasteiger partial charge in [0, 0.05) is 6.04 Å². The highest BCUT2D eigenvalue weighted by atomic mass is 32.2. The summed E-state index contributed by atoms with van der Waals surface area (Å²) in [5.41, 5.74) is 0.255. The molecule has 7 heteroatoms. The molecule has 0 bridgehead atoms. The summed E-state index contributed by atoms with van der Waals surface area (Å²) in [6.45, 7) is 5.26. The largest absolute Gasteiger partial charge is 0.352 e. The van der Waals surface area contributed by atoms with Crippen molar-refractivity contribution < 1.29 is 17.6 Å². The molecule has 1 aromatic rings. The first kappa shape index (κ1) is 17.4. The lowest BCUT2D eigenvalue weighted by molar-refractivity contribution is -0.122. The third kappa shape index (κ3) is 4.70. The molecule has 21 heavy (non-hydrogen) atoms. The number of benzene rings is 1. The summed E-state index contributed by atoms with van der Waals surface area (Å²) >= 11 is 0. The number of sulfonamides is 1. The van der Waals surface area contributed by atoms with Gasteiger partial charge in [-0.1, -0.05) is 6.92 Å². The zero-order valence-corrected chi connectivity index (χ0v) is 13.4. The van der Waals surface area contributed by atoms with E-state index < -0.39 is 21.9 Å². The van der Waals surface area contributed by atoms with Crippen molar-refractivity contribution in [2.75, 3.05) is 10.6 Å². The van der Waals surface area contributed by atoms with E-state index in [0.717, 1.165) is 29.1 Å². The number of hydrogen-bond donors (Lipinski definition) is 1. The first-order valence-corrected chi connectivity index (χ1v) is 8.57. The fourth-order valence-corrected chi connectivity index (χ4v) is 3.04. The Morgan fingerprint density at radius 3 is 2.24 bits per heavy atom. The van der Waals surface area contributed by atoms with E-state index >= 15 is 0 Å². The zero-order chi connectivity index (χ0) is 16.2. The van der Waals surface area contributed by atoms with E-state index in [4.69, 9.17) is 0 Å². The lowest BCUT2D eigenvalue weighted by Gasteiger charge is -2.29. The van der Waals surface area contributed by atoms with E-state index in [-0.39, 0.29) is 17.6 Å². The van der Waals surface area contributed by atoms with Crippen molar-refractivity contribution >= 4 is 21.6 Å². The van der Waals surface area contributed by atoms with Gasteiger partial charge in [-0.2, -0.15) is 0 Å². The molecule has 0 unspecified atom stereocenters. The summed E-state index contributed by atoms with van der Waals surface area (Å²) < 4.78 is 37.9. The molecule has 0 aliphatic heterocycles. The number of carbonyl (C=O) groups is 1. The monoisotopic (exact) mass is 316 g/mol. The zero-order valence-electron chi connectivity index (χ0n) is 12.6. The molecule has 5 nitrogen and oxygen atoms in total. The minimum atomic E-state index is -3.67. The third-order valence-corrected chi connectivity index (χ3v) is 4.41. The van der Waals surface area contributed by atoms with Gasteiger partial charge < -0.3 is 5.32 Å². The predicted octanol–water partition coefficient (Wildman–Crippen LogP) is 1.89. The number of nitrogens with one attached hydrogen (secondary N) is 1. The normalized spacial score (nSPS) is 14.3. The molecule has 0 heterocycles. The van der Waals surface area contributed by atoms with Crippen LogP contribution in [-0.2, 0) is 14.8 Å². The van der Waals surface area contributed by atoms with Crippen molar-refractivity contribution in [2.45, 2.75) is 39.3 Å². The number of rotatable bonds is 6. The molecule has 2 atom stereocenters. The number of hydrogen-bond acceptors (Lipinski definition) is 3. The van der Waals surface area contributed by atoms with Crippen molar-refractivity contribution in [1.29, 1.82) is 0 Å². The third-order valence-electron chi connectivity index (χ3n) is 3.17. The van der Waals surface area contributed by atoms with Crippen molar-refractivity contribution in [3.05, 3.63) is 30.1 Å². The summed E-state index contributed by atoms with van der Waals surface area (Å²) in [6, 6.07) is 4.03. The maximum Gasteiger partial charge on any atom is 0.243 e. The highest BCUT2D eigenvalue weighted by Gasteiger charge is 2.29. The second kappa shape index (κ2) is 6.89. The fraction of sp³-hybridized carbons (Fsp3) is 0.500. The van der Waals surface area contributed by atoms with Crippen LogP contribution < -0.4 is 9.62 Å². The van der Waals surface area contributed by atoms with Crippen molar-refractivity contribution in [3.63, 3.8) is 0 Å². The maximum absolute atomic E-state index is 13.0. The van der Waals surface area contributed by atoms with Gasteiger partial charge in [-0.25, -0.2) is 12.8 Å². The highest BCUT2D eigenvalue weighted by molar-refractivity contribution is 7.92. The van der Waals surface area contributed by atoms with Crippen molar-refractivity contribution in [3.8, 4) is 0 Å². The summed E-state index contributed by atoms with van der Waals surface area (Å²) in [4.78, 5) is 12.1. The van der Waals surface area contributed by atoms with Crippen LogP contribution in [0.15, 0.2) is 24.3 Å². The molecule has 118 valence electrons. The second-order valence-electron chi connectivity index (χ2n) is 5.03. The predicted molar refractivity (Wildman–Crippen MR) is 81.1 cm³/mol. The van der Waals surface area contributed by atoms with Crippen LogP contribution in [0.4, 0.5) is 10.1 Å². The molecule has 1 amide bonds. The number of amides is 1. The average molecular weight is 316 g/mol. The van der Waals surface area contributed by atoms with E-state index in [1.807, 2.05) is 13.8 Å². The van der Waals surface area contributed by atoms with Crippen LogP contribution in [-0.4, -0.2) is 32.7 Å². The standard InChI is InChI=1S/C14H21FN2O3S/c1-5-10(2)16-14(18)11(3)17(21(4,19)20)13-8-6-12(15)7-9-13/h6-11H,5H2,1-4H3,(H,16,18)/t10-,11-/m1/s1. The lowest BCUT2D eigenvalue weighted by Crippen LogP contribution is -2.49. The molecule has 0 radical (unpaired) electrons. The van der Waals surface area contributed by atoms with E-state index in [9.17, 15) is 17.6 Å². The highest BCUT2D eigenvalue weighted by Crippen LogP contribution is 2.21. The molecular weight excluding hydrogens is 295 g/mol. The summed E-state index contributed by atoms with van der Waals surface area (Å²) in [5, 5.41) is 2.74. The Kier molecular flexibility index (Phi) is 5.71. The van der Waals surface area contributed by atoms with Gasteiger partial charge in [0.25, 0.3) is 0 Å². The maximum atomic E-state index is 13.0. The molecular formula is C14H21FN2O3S. The Bertz CT molecular complexity index is 587. The number of halogens is 1. The molecule has 0 saturated heterocycles. The van der Waals surface area contributed by atoms with Gasteiger partial charge in [-0.05, 0) is 44.5 Å². The van der Waals surface area contributed by atoms with Crippen LogP contribution in [0.25, 0.3) is 0 Å². The molecule has 1 N–H and O–H groups in total. The van der Waals surface area contributed by atoms with Crippen LogP contribution in [0.2, 0.25) is 0 Å². The Morgan fingerprint density at radius 1 is 1.29 bits per heavy atom. The Hall–Kier alpha value is -1.63. The van der Waals surface area contributed by atoms with E-state index in [2.05, 4.69) is 5.32 Å². The van der Waals surface area contributed by atoms with Gasteiger partial charge in [0.05, 0.1) is 11.9 Å². The summed E-state index contributed by atoms with van der Waals surface area (Å²) in [7, 11) is -3.67. The molecule has 0 aromatic heterocycles. The van der Waals surface area contributed by atoms with Crippen LogP contribution in [0.5, 0.6) is 0 Å². The number of anilines is 1. The average Bonchev–Trinajstić information content (AvgIpc) is 2.39. The first-order chi connectivity index (χ1) is 9.66. The van der Waals surface area contributed by atoms with Gasteiger partial charge in [0.15, 0.2) is 0 Å². The Balaban J connectivity index is 3.09. The van der Waals surface area contributed by atoms with Gasteiger partial charge in [-0.3, -0.25) is 9.10 Å². The molecule has 0 aliphatic rings. The summed E-state index contributed by atoms with van der Waals surface area (Å²) in [5.74, 6) is -0.858. The Morgan fingerprint density at radius 2 is 1.81 bits per heavy atom. The summed E-state index contributed by atoms with van der Waals surface area (Å²) in [6.07, 6.45) is 1.76. The molecule has 0 spiro atoms. The van der Waals surface area contributed by atoms with E-state index in [1.54, 1.807) is 0 Å². The minimum absolute atomic E-state index is 0.0467.